The largest absolute Gasteiger partial charge is 0.394 e. The Balaban J connectivity index is 2.05. The summed E-state index contributed by atoms with van der Waals surface area (Å²) in [4.78, 5) is 42.3. The van der Waals surface area contributed by atoms with Gasteiger partial charge >= 0.3 is 0 Å². The second kappa shape index (κ2) is 9.29. The number of hydrogen-bond acceptors (Lipinski definition) is 5. The van der Waals surface area contributed by atoms with Crippen LogP contribution >= 0.6 is 0 Å². The maximum atomic E-state index is 13.9. The van der Waals surface area contributed by atoms with E-state index in [0.29, 0.717) is 19.4 Å². The second-order valence-electron chi connectivity index (χ2n) is 10.5. The molecule has 3 amide bonds. The van der Waals surface area contributed by atoms with Crippen molar-refractivity contribution >= 4 is 17.7 Å². The molecule has 0 aromatic carbocycles. The lowest BCUT2D eigenvalue weighted by Gasteiger charge is -2.39. The predicted molar refractivity (Wildman–Crippen MR) is 121 cm³/mol. The Hall–Kier alpha value is -1.67. The molecule has 7 atom stereocenters. The highest BCUT2D eigenvalue weighted by Gasteiger charge is 2.78. The predicted octanol–water partition coefficient (Wildman–Crippen LogP) is 1.60. The molecule has 3 rings (SSSR count). The highest BCUT2D eigenvalue weighted by Crippen LogP contribution is 2.63. The van der Waals surface area contributed by atoms with Gasteiger partial charge in [0.1, 0.15) is 11.6 Å². The first-order chi connectivity index (χ1) is 15.1. The number of carbonyl (C=O) groups is 3. The van der Waals surface area contributed by atoms with Crippen LogP contribution in [-0.4, -0.2) is 70.2 Å². The molecule has 182 valence electrons. The van der Waals surface area contributed by atoms with Gasteiger partial charge in [-0.1, -0.05) is 34.1 Å². The lowest BCUT2D eigenvalue weighted by Crippen LogP contribution is -2.59. The maximum Gasteiger partial charge on any atom is 0.246 e. The molecular formula is C24H41N3O5. The minimum absolute atomic E-state index is 0.0376. The first-order valence-corrected chi connectivity index (χ1v) is 12.3. The summed E-state index contributed by atoms with van der Waals surface area (Å²) in [6.07, 6.45) is 3.73. The highest BCUT2D eigenvalue weighted by atomic mass is 16.5. The molecule has 8 heteroatoms. The number of hydrogen-bond donors (Lipinski definition) is 3. The van der Waals surface area contributed by atoms with Crippen LogP contribution < -0.4 is 10.6 Å². The quantitative estimate of drug-likeness (QED) is 0.468. The van der Waals surface area contributed by atoms with Crippen molar-refractivity contribution in [1.29, 1.82) is 0 Å². The molecule has 0 radical (unpaired) electrons. The Morgan fingerprint density at radius 1 is 1.19 bits per heavy atom. The fourth-order valence-electron chi connectivity index (χ4n) is 6.23. The molecule has 3 saturated heterocycles. The van der Waals surface area contributed by atoms with E-state index in [-0.39, 0.29) is 36.3 Å². The van der Waals surface area contributed by atoms with E-state index in [1.54, 1.807) is 4.90 Å². The van der Waals surface area contributed by atoms with Crippen molar-refractivity contribution in [3.05, 3.63) is 0 Å². The van der Waals surface area contributed by atoms with E-state index < -0.39 is 35.1 Å². The van der Waals surface area contributed by atoms with Gasteiger partial charge in [0.25, 0.3) is 0 Å². The van der Waals surface area contributed by atoms with Crippen LogP contribution in [0.4, 0.5) is 0 Å². The average Bonchev–Trinajstić information content (AvgIpc) is 3.28. The van der Waals surface area contributed by atoms with Gasteiger partial charge in [0.2, 0.25) is 17.7 Å². The van der Waals surface area contributed by atoms with Crippen molar-refractivity contribution in [1.82, 2.24) is 15.5 Å². The topological polar surface area (TPSA) is 108 Å². The number of nitrogens with one attached hydrogen (secondary N) is 2. The number of aliphatic hydroxyl groups excluding tert-OH is 1. The fourth-order valence-corrected chi connectivity index (χ4v) is 6.23. The van der Waals surface area contributed by atoms with Gasteiger partial charge in [0, 0.05) is 12.6 Å². The van der Waals surface area contributed by atoms with Crippen molar-refractivity contribution in [3.8, 4) is 0 Å². The summed E-state index contributed by atoms with van der Waals surface area (Å²) in [7, 11) is 0. The zero-order valence-corrected chi connectivity index (χ0v) is 20.4. The van der Waals surface area contributed by atoms with Gasteiger partial charge in [0.05, 0.1) is 30.1 Å². The third kappa shape index (κ3) is 3.83. The summed E-state index contributed by atoms with van der Waals surface area (Å²) in [5, 5.41) is 16.2. The number of aliphatic hydroxyl groups is 1. The minimum atomic E-state index is -1.04. The Morgan fingerprint density at radius 3 is 2.44 bits per heavy atom. The first kappa shape index (κ1) is 25.0. The minimum Gasteiger partial charge on any atom is -0.394 e. The lowest BCUT2D eigenvalue weighted by molar-refractivity contribution is -0.151. The third-order valence-electron chi connectivity index (χ3n) is 7.72. The zero-order valence-electron chi connectivity index (χ0n) is 20.4. The van der Waals surface area contributed by atoms with Crippen molar-refractivity contribution in [2.45, 2.75) is 103 Å². The summed E-state index contributed by atoms with van der Waals surface area (Å²) in [5.41, 5.74) is -1.82. The van der Waals surface area contributed by atoms with Crippen LogP contribution in [0.2, 0.25) is 0 Å². The Bertz CT molecular complexity index is 743. The van der Waals surface area contributed by atoms with Gasteiger partial charge in [-0.05, 0) is 45.4 Å². The number of amides is 3. The molecule has 2 bridgehead atoms. The Morgan fingerprint density at radius 2 is 1.88 bits per heavy atom. The monoisotopic (exact) mass is 451 g/mol. The SMILES string of the molecule is CCCNC(=O)[C@@H]1[C@H]2C(=O)N([C@@H](CO)C(C)C)C(C(=O)NC(C)CCC)C23CC[C@@]1(C)O3. The molecule has 0 aliphatic carbocycles. The summed E-state index contributed by atoms with van der Waals surface area (Å²) in [6.45, 7) is 12.0. The normalized spacial score (nSPS) is 35.2. The summed E-state index contributed by atoms with van der Waals surface area (Å²) in [6, 6.07) is -1.41. The fraction of sp³-hybridized carbons (Fsp3) is 0.875. The van der Waals surface area contributed by atoms with E-state index in [4.69, 9.17) is 4.74 Å². The maximum absolute atomic E-state index is 13.9. The number of fused-ring (bicyclic) bond motifs is 1. The van der Waals surface area contributed by atoms with Gasteiger partial charge < -0.3 is 25.4 Å². The molecule has 0 aromatic heterocycles. The Labute approximate surface area is 191 Å². The van der Waals surface area contributed by atoms with Crippen LogP contribution in [0.3, 0.4) is 0 Å². The van der Waals surface area contributed by atoms with Crippen LogP contribution in [0, 0.1) is 17.8 Å². The van der Waals surface area contributed by atoms with Crippen LogP contribution in [0.25, 0.3) is 0 Å². The molecule has 3 unspecified atom stereocenters. The Kier molecular flexibility index (Phi) is 7.25. The van der Waals surface area contributed by atoms with Crippen molar-refractivity contribution in [2.24, 2.45) is 17.8 Å². The van der Waals surface area contributed by atoms with Gasteiger partial charge in [-0.15, -0.1) is 0 Å². The molecule has 1 spiro atoms. The molecule has 3 aliphatic rings. The first-order valence-electron chi connectivity index (χ1n) is 12.3. The van der Waals surface area contributed by atoms with Crippen LogP contribution in [0.15, 0.2) is 0 Å². The van der Waals surface area contributed by atoms with Crippen molar-refractivity contribution in [2.75, 3.05) is 13.2 Å². The zero-order chi connectivity index (χ0) is 23.8. The van der Waals surface area contributed by atoms with Crippen molar-refractivity contribution < 1.29 is 24.2 Å². The van der Waals surface area contributed by atoms with Gasteiger partial charge in [-0.2, -0.15) is 0 Å². The number of nitrogens with zero attached hydrogens (tertiary/aromatic N) is 1. The lowest BCUT2D eigenvalue weighted by atomic mass is 9.66. The molecule has 3 aliphatic heterocycles. The van der Waals surface area contributed by atoms with E-state index in [2.05, 4.69) is 17.6 Å². The van der Waals surface area contributed by atoms with Gasteiger partial charge in [-0.3, -0.25) is 14.4 Å². The number of ether oxygens (including phenoxy) is 1. The van der Waals surface area contributed by atoms with Crippen LogP contribution in [-0.2, 0) is 19.1 Å². The van der Waals surface area contributed by atoms with Crippen molar-refractivity contribution in [3.63, 3.8) is 0 Å². The van der Waals surface area contributed by atoms with E-state index in [0.717, 1.165) is 19.3 Å². The summed E-state index contributed by atoms with van der Waals surface area (Å²) < 4.78 is 6.57. The third-order valence-corrected chi connectivity index (χ3v) is 7.72. The molecule has 0 saturated carbocycles. The number of rotatable bonds is 10. The summed E-state index contributed by atoms with van der Waals surface area (Å²) in [5.74, 6) is -2.10. The molecule has 0 aromatic rings. The van der Waals surface area contributed by atoms with E-state index >= 15 is 0 Å². The molecular weight excluding hydrogens is 410 g/mol. The average molecular weight is 452 g/mol. The molecule has 3 N–H and O–H groups in total. The number of likely N-dealkylation sites (tertiary alicyclic amines) is 1. The second-order valence-corrected chi connectivity index (χ2v) is 10.5. The van der Waals surface area contributed by atoms with Crippen LogP contribution in [0.1, 0.15) is 73.6 Å². The van der Waals surface area contributed by atoms with Crippen LogP contribution in [0.5, 0.6) is 0 Å². The van der Waals surface area contributed by atoms with E-state index in [9.17, 15) is 19.5 Å². The molecule has 3 heterocycles. The molecule has 8 nitrogen and oxygen atoms in total. The molecule has 3 fully saturated rings. The molecule has 32 heavy (non-hydrogen) atoms. The smallest absolute Gasteiger partial charge is 0.246 e. The van der Waals surface area contributed by atoms with Gasteiger partial charge in [0.15, 0.2) is 0 Å². The standard InChI is InChI=1S/C24H41N3O5/c1-7-9-15(5)26-21(30)19-24-11-10-23(6,32-24)17(20(29)25-12-8-2)18(24)22(31)27(19)16(13-28)14(3)4/h14-19,28H,7-13H2,1-6H3,(H,25,29)(H,26,30)/t15?,16-,17-,18-,19?,23+,24?/m0/s1. The highest BCUT2D eigenvalue weighted by molar-refractivity contribution is 5.99. The van der Waals surface area contributed by atoms with E-state index in [1.165, 1.54) is 0 Å². The van der Waals surface area contributed by atoms with E-state index in [1.807, 2.05) is 34.6 Å². The van der Waals surface area contributed by atoms with Gasteiger partial charge in [-0.25, -0.2) is 0 Å². The number of carbonyl (C=O) groups excluding carboxylic acids is 3. The summed E-state index contributed by atoms with van der Waals surface area (Å²) >= 11 is 0.